The summed E-state index contributed by atoms with van der Waals surface area (Å²) in [4.78, 5) is 36.1. The predicted octanol–water partition coefficient (Wildman–Crippen LogP) is 1.08. The first-order valence-electron chi connectivity index (χ1n) is 6.37. The Morgan fingerprint density at radius 3 is 2.85 bits per heavy atom. The van der Waals surface area contributed by atoms with E-state index in [1.165, 1.54) is 15.5 Å². The maximum atomic E-state index is 12.1. The van der Waals surface area contributed by atoms with Crippen molar-refractivity contribution in [1.29, 1.82) is 0 Å². The molecule has 0 saturated carbocycles. The van der Waals surface area contributed by atoms with Crippen LogP contribution in [-0.2, 0) is 16.1 Å². The number of nitrogens with zero attached hydrogens (tertiary/aromatic N) is 2. The van der Waals surface area contributed by atoms with E-state index in [-0.39, 0.29) is 24.4 Å². The average molecular weight is 343 g/mol. The fraction of sp³-hybridized carbons (Fsp3) is 0.462. The van der Waals surface area contributed by atoms with Crippen LogP contribution in [0.15, 0.2) is 27.6 Å². The molecule has 7 heteroatoms. The van der Waals surface area contributed by atoms with Crippen LogP contribution in [0.4, 0.5) is 0 Å². The Morgan fingerprint density at radius 1 is 1.40 bits per heavy atom. The third kappa shape index (κ3) is 3.27. The van der Waals surface area contributed by atoms with Crippen molar-refractivity contribution in [3.63, 3.8) is 0 Å². The molecular formula is C13H15BrN2O4. The molecule has 0 aliphatic carbocycles. The molecular weight excluding hydrogens is 328 g/mol. The molecule has 2 rings (SSSR count). The minimum absolute atomic E-state index is 0.125. The molecule has 20 heavy (non-hydrogen) atoms. The lowest BCUT2D eigenvalue weighted by molar-refractivity contribution is -0.148. The first-order chi connectivity index (χ1) is 9.49. The van der Waals surface area contributed by atoms with Crippen molar-refractivity contribution in [1.82, 2.24) is 9.47 Å². The number of pyridine rings is 1. The molecule has 1 amide bonds. The first kappa shape index (κ1) is 14.8. The van der Waals surface area contributed by atoms with E-state index in [0.29, 0.717) is 19.4 Å². The number of rotatable bonds is 4. The quantitative estimate of drug-likeness (QED) is 0.887. The molecule has 1 aliphatic rings. The van der Waals surface area contributed by atoms with Crippen LogP contribution in [-0.4, -0.2) is 39.0 Å². The topological polar surface area (TPSA) is 79.6 Å². The molecule has 1 atom stereocenters. The number of likely N-dealkylation sites (tertiary alicyclic amines) is 1. The molecule has 2 heterocycles. The van der Waals surface area contributed by atoms with Gasteiger partial charge in [0.1, 0.15) is 6.04 Å². The normalized spacial score (nSPS) is 18.2. The molecule has 0 radical (unpaired) electrons. The molecule has 1 aliphatic heterocycles. The summed E-state index contributed by atoms with van der Waals surface area (Å²) in [6.07, 6.45) is 2.95. The third-order valence-corrected chi connectivity index (χ3v) is 3.84. The predicted molar refractivity (Wildman–Crippen MR) is 75.4 cm³/mol. The number of carbonyl (C=O) groups excluding carboxylic acids is 1. The molecule has 108 valence electrons. The van der Waals surface area contributed by atoms with Crippen LogP contribution in [0.3, 0.4) is 0 Å². The van der Waals surface area contributed by atoms with Gasteiger partial charge in [0, 0.05) is 36.2 Å². The number of aliphatic carboxylic acids is 1. The minimum Gasteiger partial charge on any atom is -0.480 e. The van der Waals surface area contributed by atoms with Crippen molar-refractivity contribution < 1.29 is 14.7 Å². The maximum Gasteiger partial charge on any atom is 0.326 e. The number of aromatic nitrogens is 1. The summed E-state index contributed by atoms with van der Waals surface area (Å²) in [6.45, 7) is 0.725. The van der Waals surface area contributed by atoms with Crippen LogP contribution in [0.5, 0.6) is 0 Å². The lowest BCUT2D eigenvalue weighted by Crippen LogP contribution is -2.41. The Morgan fingerprint density at radius 2 is 2.15 bits per heavy atom. The van der Waals surface area contributed by atoms with E-state index in [4.69, 9.17) is 5.11 Å². The van der Waals surface area contributed by atoms with E-state index >= 15 is 0 Å². The van der Waals surface area contributed by atoms with Gasteiger partial charge in [-0.25, -0.2) is 4.79 Å². The maximum absolute atomic E-state index is 12.1. The SMILES string of the molecule is O=C(O)C1CCCN1C(=O)CCn1cc(Br)ccc1=O. The number of hydrogen-bond acceptors (Lipinski definition) is 3. The fourth-order valence-corrected chi connectivity index (χ4v) is 2.74. The monoisotopic (exact) mass is 342 g/mol. The van der Waals surface area contributed by atoms with Gasteiger partial charge in [0.25, 0.3) is 5.56 Å². The molecule has 0 bridgehead atoms. The summed E-state index contributed by atoms with van der Waals surface area (Å²) in [5.41, 5.74) is -0.183. The Hall–Kier alpha value is -1.63. The van der Waals surface area contributed by atoms with Crippen molar-refractivity contribution in [3.05, 3.63) is 33.2 Å². The van der Waals surface area contributed by atoms with Crippen LogP contribution >= 0.6 is 15.9 Å². The lowest BCUT2D eigenvalue weighted by atomic mass is 10.2. The first-order valence-corrected chi connectivity index (χ1v) is 7.16. The molecule has 1 aromatic heterocycles. The molecule has 1 unspecified atom stereocenters. The van der Waals surface area contributed by atoms with E-state index < -0.39 is 12.0 Å². The van der Waals surface area contributed by atoms with Crippen LogP contribution in [0.25, 0.3) is 0 Å². The van der Waals surface area contributed by atoms with Crippen molar-refractivity contribution in [2.45, 2.75) is 31.8 Å². The van der Waals surface area contributed by atoms with E-state index in [0.717, 1.165) is 4.47 Å². The van der Waals surface area contributed by atoms with Crippen LogP contribution in [0.1, 0.15) is 19.3 Å². The Bertz CT molecular complexity index is 584. The summed E-state index contributed by atoms with van der Waals surface area (Å²) < 4.78 is 2.20. The van der Waals surface area contributed by atoms with Crippen LogP contribution in [0, 0.1) is 0 Å². The van der Waals surface area contributed by atoms with Crippen LogP contribution in [0.2, 0.25) is 0 Å². The summed E-state index contributed by atoms with van der Waals surface area (Å²) >= 11 is 3.27. The molecule has 0 aromatic carbocycles. The Balaban J connectivity index is 2.00. The van der Waals surface area contributed by atoms with E-state index in [1.54, 1.807) is 12.3 Å². The van der Waals surface area contributed by atoms with Gasteiger partial charge in [0.05, 0.1) is 0 Å². The molecule has 6 nitrogen and oxygen atoms in total. The minimum atomic E-state index is -0.963. The average Bonchev–Trinajstić information content (AvgIpc) is 2.89. The summed E-state index contributed by atoms with van der Waals surface area (Å²) in [5, 5.41) is 9.04. The zero-order chi connectivity index (χ0) is 14.7. The molecule has 1 fully saturated rings. The van der Waals surface area contributed by atoms with E-state index in [2.05, 4.69) is 15.9 Å². The largest absolute Gasteiger partial charge is 0.480 e. The second-order valence-corrected chi connectivity index (χ2v) is 5.63. The lowest BCUT2D eigenvalue weighted by Gasteiger charge is -2.21. The van der Waals surface area contributed by atoms with Gasteiger partial charge in [0.15, 0.2) is 0 Å². The second-order valence-electron chi connectivity index (χ2n) is 4.71. The van der Waals surface area contributed by atoms with Crippen molar-refractivity contribution >= 4 is 27.8 Å². The van der Waals surface area contributed by atoms with E-state index in [9.17, 15) is 14.4 Å². The Kier molecular flexibility index (Phi) is 4.59. The fourth-order valence-electron chi connectivity index (χ4n) is 2.36. The highest BCUT2D eigenvalue weighted by Gasteiger charge is 2.33. The number of carboxylic acids is 1. The second kappa shape index (κ2) is 6.21. The summed E-state index contributed by atoms with van der Waals surface area (Å²) in [7, 11) is 0. The van der Waals surface area contributed by atoms with Crippen molar-refractivity contribution in [2.75, 3.05) is 6.54 Å². The van der Waals surface area contributed by atoms with Gasteiger partial charge in [-0.15, -0.1) is 0 Å². The van der Waals surface area contributed by atoms with Crippen LogP contribution < -0.4 is 5.56 Å². The highest BCUT2D eigenvalue weighted by atomic mass is 79.9. The number of carboxylic acid groups (broad SMARTS) is 1. The molecule has 0 spiro atoms. The van der Waals surface area contributed by atoms with Gasteiger partial charge in [-0.05, 0) is 34.8 Å². The van der Waals surface area contributed by atoms with Gasteiger partial charge < -0.3 is 14.6 Å². The highest BCUT2D eigenvalue weighted by Crippen LogP contribution is 2.18. The smallest absolute Gasteiger partial charge is 0.326 e. The number of aryl methyl sites for hydroxylation is 1. The molecule has 1 aromatic rings. The van der Waals surface area contributed by atoms with Gasteiger partial charge in [0.2, 0.25) is 5.91 Å². The molecule has 1 N–H and O–H groups in total. The number of amides is 1. The number of hydrogen-bond donors (Lipinski definition) is 1. The standard InChI is InChI=1S/C13H15BrN2O4/c14-9-3-4-11(17)15(8-9)7-5-12(18)16-6-1-2-10(16)13(19)20/h3-4,8,10H,1-2,5-7H2,(H,19,20). The van der Waals surface area contributed by atoms with Gasteiger partial charge in [-0.2, -0.15) is 0 Å². The summed E-state index contributed by atoms with van der Waals surface area (Å²) in [6, 6.07) is 2.34. The third-order valence-electron chi connectivity index (χ3n) is 3.37. The number of carbonyl (C=O) groups is 2. The number of halogens is 1. The Labute approximate surface area is 124 Å². The van der Waals surface area contributed by atoms with Gasteiger partial charge in [-0.1, -0.05) is 0 Å². The highest BCUT2D eigenvalue weighted by molar-refractivity contribution is 9.10. The van der Waals surface area contributed by atoms with Crippen molar-refractivity contribution in [3.8, 4) is 0 Å². The van der Waals surface area contributed by atoms with Gasteiger partial charge in [-0.3, -0.25) is 9.59 Å². The van der Waals surface area contributed by atoms with Crippen molar-refractivity contribution in [2.24, 2.45) is 0 Å². The zero-order valence-corrected chi connectivity index (χ0v) is 12.4. The van der Waals surface area contributed by atoms with E-state index in [1.807, 2.05) is 0 Å². The summed E-state index contributed by atoms with van der Waals surface area (Å²) in [5.74, 6) is -1.18. The molecule has 1 saturated heterocycles. The van der Waals surface area contributed by atoms with Gasteiger partial charge >= 0.3 is 5.97 Å². The zero-order valence-electron chi connectivity index (χ0n) is 10.8.